The van der Waals surface area contributed by atoms with Gasteiger partial charge in [-0.25, -0.2) is 4.98 Å². The second-order valence-corrected chi connectivity index (χ2v) is 10.6. The van der Waals surface area contributed by atoms with E-state index in [0.717, 1.165) is 48.0 Å². The largest absolute Gasteiger partial charge is 0.332 e. The first-order chi connectivity index (χ1) is 14.5. The molecule has 0 aliphatic carbocycles. The number of carbonyl (C=O) groups excluding carboxylic acids is 1. The second kappa shape index (κ2) is 9.21. The fourth-order valence-electron chi connectivity index (χ4n) is 3.85. The van der Waals surface area contributed by atoms with E-state index in [1.807, 2.05) is 41.6 Å². The van der Waals surface area contributed by atoms with Crippen molar-refractivity contribution in [2.24, 2.45) is 0 Å². The van der Waals surface area contributed by atoms with Gasteiger partial charge in [-0.1, -0.05) is 17.8 Å². The number of nitrogens with zero attached hydrogens (tertiary/aromatic N) is 3. The standard InChI is InChI=1S/C21H26N4O2S3/c1-4-23-8-10-24(11-9-23)19(26)14(3)30-21-22-18-17(20(27)25(21)5-2)15(13-29-18)16-7-6-12-28-16/h6-7,12-14H,4-5,8-11H2,1-3H3/p+1/t14-/m1/s1. The highest BCUT2D eigenvalue weighted by Crippen LogP contribution is 2.35. The highest BCUT2D eigenvalue weighted by Gasteiger charge is 2.28. The summed E-state index contributed by atoms with van der Waals surface area (Å²) in [5.41, 5.74) is 0.941. The predicted octanol–water partition coefficient (Wildman–Crippen LogP) is 2.43. The van der Waals surface area contributed by atoms with E-state index in [2.05, 4.69) is 6.92 Å². The van der Waals surface area contributed by atoms with Gasteiger partial charge in [-0.3, -0.25) is 14.2 Å². The van der Waals surface area contributed by atoms with Crippen LogP contribution in [0.1, 0.15) is 20.8 Å². The molecule has 1 saturated heterocycles. The molecule has 0 spiro atoms. The number of quaternary nitrogens is 1. The molecule has 1 amide bonds. The number of amides is 1. The van der Waals surface area contributed by atoms with Gasteiger partial charge in [-0.05, 0) is 32.2 Å². The van der Waals surface area contributed by atoms with Gasteiger partial charge in [0.1, 0.15) is 4.83 Å². The zero-order chi connectivity index (χ0) is 21.3. The Labute approximate surface area is 188 Å². The monoisotopic (exact) mass is 463 g/mol. The summed E-state index contributed by atoms with van der Waals surface area (Å²) in [7, 11) is 0. The Balaban J connectivity index is 1.60. The Bertz CT molecular complexity index is 1080. The van der Waals surface area contributed by atoms with Crippen LogP contribution in [0.15, 0.2) is 32.8 Å². The highest BCUT2D eigenvalue weighted by molar-refractivity contribution is 8.00. The Morgan fingerprint density at radius 3 is 2.70 bits per heavy atom. The molecule has 1 atom stereocenters. The molecule has 0 saturated carbocycles. The van der Waals surface area contributed by atoms with E-state index in [4.69, 9.17) is 4.98 Å². The van der Waals surface area contributed by atoms with Crippen LogP contribution in [-0.4, -0.2) is 58.3 Å². The van der Waals surface area contributed by atoms with Crippen LogP contribution < -0.4 is 10.5 Å². The molecule has 6 nitrogen and oxygen atoms in total. The lowest BCUT2D eigenvalue weighted by molar-refractivity contribution is -0.902. The van der Waals surface area contributed by atoms with Crippen LogP contribution in [0.4, 0.5) is 0 Å². The average Bonchev–Trinajstić information content (AvgIpc) is 3.43. The summed E-state index contributed by atoms with van der Waals surface area (Å²) in [5, 5.41) is 5.08. The van der Waals surface area contributed by atoms with Gasteiger partial charge in [0.25, 0.3) is 5.56 Å². The summed E-state index contributed by atoms with van der Waals surface area (Å²) < 4.78 is 1.71. The third kappa shape index (κ3) is 4.08. The smallest absolute Gasteiger partial charge is 0.263 e. The molecule has 0 bridgehead atoms. The molecule has 4 heterocycles. The number of aromatic nitrogens is 2. The zero-order valence-corrected chi connectivity index (χ0v) is 20.0. The van der Waals surface area contributed by atoms with Crippen LogP contribution in [0, 0.1) is 0 Å². The maximum Gasteiger partial charge on any atom is 0.263 e. The molecule has 1 aliphatic heterocycles. The number of carbonyl (C=O) groups is 1. The molecule has 3 aromatic rings. The lowest BCUT2D eigenvalue weighted by atomic mass is 10.2. The lowest BCUT2D eigenvalue weighted by Gasteiger charge is -2.33. The molecule has 160 valence electrons. The van der Waals surface area contributed by atoms with Gasteiger partial charge in [0, 0.05) is 22.4 Å². The second-order valence-electron chi connectivity index (χ2n) is 7.44. The normalized spacial score (nSPS) is 16.3. The van der Waals surface area contributed by atoms with Crippen molar-refractivity contribution in [1.82, 2.24) is 14.5 Å². The Kier molecular flexibility index (Phi) is 6.62. The van der Waals surface area contributed by atoms with Crippen LogP contribution in [-0.2, 0) is 11.3 Å². The zero-order valence-electron chi connectivity index (χ0n) is 17.5. The first-order valence-electron chi connectivity index (χ1n) is 10.4. The minimum atomic E-state index is -0.271. The number of thiophene rings is 2. The minimum Gasteiger partial charge on any atom is -0.332 e. The third-order valence-electron chi connectivity index (χ3n) is 5.67. The molecule has 0 aromatic carbocycles. The van der Waals surface area contributed by atoms with Crippen molar-refractivity contribution in [2.45, 2.75) is 37.7 Å². The molecular weight excluding hydrogens is 436 g/mol. The number of hydrogen-bond donors (Lipinski definition) is 1. The number of piperazine rings is 1. The van der Waals surface area contributed by atoms with Crippen LogP contribution in [0.5, 0.6) is 0 Å². The number of fused-ring (bicyclic) bond motifs is 1. The van der Waals surface area contributed by atoms with Crippen molar-refractivity contribution in [1.29, 1.82) is 0 Å². The SMILES string of the molecule is CCn1c(S[C@H](C)C(=O)N2CC[NH+](CC)CC2)nc2scc(-c3cccs3)c2c1=O. The van der Waals surface area contributed by atoms with Gasteiger partial charge in [0.05, 0.1) is 43.4 Å². The molecule has 0 unspecified atom stereocenters. The molecule has 4 rings (SSSR count). The molecule has 1 fully saturated rings. The van der Waals surface area contributed by atoms with Crippen LogP contribution in [0.25, 0.3) is 20.7 Å². The summed E-state index contributed by atoms with van der Waals surface area (Å²) in [5.74, 6) is 0.137. The topological polar surface area (TPSA) is 59.6 Å². The van der Waals surface area contributed by atoms with E-state index in [9.17, 15) is 9.59 Å². The van der Waals surface area contributed by atoms with Gasteiger partial charge in [-0.15, -0.1) is 22.7 Å². The van der Waals surface area contributed by atoms with Crippen molar-refractivity contribution >= 4 is 50.6 Å². The third-order valence-corrected chi connectivity index (χ3v) is 8.53. The number of rotatable bonds is 6. The molecule has 9 heteroatoms. The molecule has 0 radical (unpaired) electrons. The molecule has 1 aliphatic rings. The van der Waals surface area contributed by atoms with Crippen molar-refractivity contribution < 1.29 is 9.69 Å². The van der Waals surface area contributed by atoms with E-state index in [-0.39, 0.29) is 16.7 Å². The predicted molar refractivity (Wildman–Crippen MR) is 126 cm³/mol. The van der Waals surface area contributed by atoms with Gasteiger partial charge < -0.3 is 9.80 Å². The molecule has 3 aromatic heterocycles. The number of hydrogen-bond acceptors (Lipinski definition) is 6. The quantitative estimate of drug-likeness (QED) is 0.451. The summed E-state index contributed by atoms with van der Waals surface area (Å²) in [6, 6.07) is 4.03. The summed E-state index contributed by atoms with van der Waals surface area (Å²) in [6.07, 6.45) is 0. The van der Waals surface area contributed by atoms with Crippen LogP contribution >= 0.6 is 34.4 Å². The van der Waals surface area contributed by atoms with Crippen LogP contribution in [0.2, 0.25) is 0 Å². The maximum atomic E-state index is 13.3. The van der Waals surface area contributed by atoms with E-state index < -0.39 is 0 Å². The van der Waals surface area contributed by atoms with E-state index >= 15 is 0 Å². The van der Waals surface area contributed by atoms with Gasteiger partial charge in [0.15, 0.2) is 5.16 Å². The number of thioether (sulfide) groups is 1. The highest BCUT2D eigenvalue weighted by atomic mass is 32.2. The van der Waals surface area contributed by atoms with E-state index in [0.29, 0.717) is 17.1 Å². The summed E-state index contributed by atoms with van der Waals surface area (Å²) in [6.45, 7) is 11.3. The first-order valence-corrected chi connectivity index (χ1v) is 13.0. The van der Waals surface area contributed by atoms with Gasteiger partial charge in [0.2, 0.25) is 5.91 Å². The van der Waals surface area contributed by atoms with Crippen molar-refractivity contribution in [2.75, 3.05) is 32.7 Å². The minimum absolute atomic E-state index is 0.0190. The Morgan fingerprint density at radius 2 is 2.07 bits per heavy atom. The Hall–Kier alpha value is -1.68. The maximum absolute atomic E-state index is 13.3. The first kappa shape index (κ1) is 21.5. The fraction of sp³-hybridized carbons (Fsp3) is 0.476. The molecule has 30 heavy (non-hydrogen) atoms. The average molecular weight is 464 g/mol. The fourth-order valence-corrected chi connectivity index (χ4v) is 6.71. The number of nitrogens with one attached hydrogen (secondary N) is 1. The Morgan fingerprint density at radius 1 is 1.30 bits per heavy atom. The lowest BCUT2D eigenvalue weighted by Crippen LogP contribution is -3.14. The summed E-state index contributed by atoms with van der Waals surface area (Å²) >= 11 is 4.53. The van der Waals surface area contributed by atoms with Crippen molar-refractivity contribution in [3.63, 3.8) is 0 Å². The van der Waals surface area contributed by atoms with E-state index in [1.54, 1.807) is 20.8 Å². The van der Waals surface area contributed by atoms with Gasteiger partial charge >= 0.3 is 0 Å². The van der Waals surface area contributed by atoms with Gasteiger partial charge in [-0.2, -0.15) is 0 Å². The summed E-state index contributed by atoms with van der Waals surface area (Å²) in [4.78, 5) is 36.4. The van der Waals surface area contributed by atoms with E-state index in [1.165, 1.54) is 23.1 Å². The number of likely N-dealkylation sites (N-methyl/N-ethyl adjacent to an activating group) is 1. The molecular formula is C21H27N4O2S3+. The van der Waals surface area contributed by atoms with Crippen molar-refractivity contribution in [3.05, 3.63) is 33.2 Å². The molecule has 1 N–H and O–H groups in total. The van der Waals surface area contributed by atoms with Crippen LogP contribution in [0.3, 0.4) is 0 Å². The van der Waals surface area contributed by atoms with Crippen molar-refractivity contribution in [3.8, 4) is 10.4 Å².